The van der Waals surface area contributed by atoms with E-state index in [0.29, 0.717) is 12.6 Å². The summed E-state index contributed by atoms with van der Waals surface area (Å²) in [5, 5.41) is 5.78. The molecule has 0 bridgehead atoms. The molecule has 1 fully saturated rings. The number of urea groups is 1. The third-order valence-electron chi connectivity index (χ3n) is 4.33. The number of benzene rings is 1. The lowest BCUT2D eigenvalue weighted by Gasteiger charge is -2.34. The van der Waals surface area contributed by atoms with Crippen LogP contribution in [0.4, 0.5) is 10.5 Å². The van der Waals surface area contributed by atoms with Crippen LogP contribution in [0.2, 0.25) is 0 Å². The molecule has 0 radical (unpaired) electrons. The number of carbonyl (C=O) groups excluding carboxylic acids is 1. The SMILES string of the molecule is COc1cccc(NC(=O)NC[C@@H](C)N2CCC(C)CC2)c1. The van der Waals surface area contributed by atoms with Gasteiger partial charge in [-0.05, 0) is 50.9 Å². The highest BCUT2D eigenvalue weighted by Gasteiger charge is 2.20. The predicted octanol–water partition coefficient (Wildman–Crippen LogP) is 2.94. The van der Waals surface area contributed by atoms with Crippen LogP contribution in [-0.2, 0) is 0 Å². The van der Waals surface area contributed by atoms with E-state index in [0.717, 1.165) is 30.4 Å². The number of likely N-dealkylation sites (tertiary alicyclic amines) is 1. The summed E-state index contributed by atoms with van der Waals surface area (Å²) in [6.07, 6.45) is 2.50. The van der Waals surface area contributed by atoms with E-state index in [-0.39, 0.29) is 6.03 Å². The Morgan fingerprint density at radius 3 is 2.82 bits per heavy atom. The van der Waals surface area contributed by atoms with Crippen LogP contribution >= 0.6 is 0 Å². The molecule has 0 aliphatic carbocycles. The van der Waals surface area contributed by atoms with Gasteiger partial charge in [0.05, 0.1) is 7.11 Å². The molecule has 2 rings (SSSR count). The molecule has 22 heavy (non-hydrogen) atoms. The van der Waals surface area contributed by atoms with Crippen molar-refractivity contribution in [3.8, 4) is 5.75 Å². The Bertz CT molecular complexity index is 485. The molecule has 1 aliphatic heterocycles. The van der Waals surface area contributed by atoms with E-state index in [9.17, 15) is 4.79 Å². The Hall–Kier alpha value is -1.75. The lowest BCUT2D eigenvalue weighted by atomic mass is 9.98. The Labute approximate surface area is 133 Å². The minimum Gasteiger partial charge on any atom is -0.497 e. The van der Waals surface area contributed by atoms with E-state index in [1.165, 1.54) is 12.8 Å². The minimum absolute atomic E-state index is 0.175. The van der Waals surface area contributed by atoms with Crippen molar-refractivity contribution in [3.05, 3.63) is 24.3 Å². The van der Waals surface area contributed by atoms with Crippen molar-refractivity contribution in [2.75, 3.05) is 32.1 Å². The second-order valence-corrected chi connectivity index (χ2v) is 6.13. The number of hydrogen-bond donors (Lipinski definition) is 2. The predicted molar refractivity (Wildman–Crippen MR) is 89.4 cm³/mol. The average molecular weight is 305 g/mol. The summed E-state index contributed by atoms with van der Waals surface area (Å²) >= 11 is 0. The number of rotatable bonds is 5. The van der Waals surface area contributed by atoms with Crippen molar-refractivity contribution in [2.45, 2.75) is 32.7 Å². The molecule has 1 aromatic carbocycles. The second kappa shape index (κ2) is 8.03. The molecule has 1 saturated heterocycles. The highest BCUT2D eigenvalue weighted by Crippen LogP contribution is 2.18. The number of amides is 2. The molecule has 0 spiro atoms. The summed E-state index contributed by atoms with van der Waals surface area (Å²) in [6, 6.07) is 7.54. The summed E-state index contributed by atoms with van der Waals surface area (Å²) in [5.41, 5.74) is 0.733. The van der Waals surface area contributed by atoms with E-state index in [1.54, 1.807) is 13.2 Å². The molecule has 0 aromatic heterocycles. The maximum Gasteiger partial charge on any atom is 0.319 e. The first-order chi connectivity index (χ1) is 10.6. The Kier molecular flexibility index (Phi) is 6.07. The van der Waals surface area contributed by atoms with Crippen LogP contribution in [0.15, 0.2) is 24.3 Å². The van der Waals surface area contributed by atoms with Gasteiger partial charge in [0.15, 0.2) is 0 Å². The third kappa shape index (κ3) is 4.91. The van der Waals surface area contributed by atoms with E-state index < -0.39 is 0 Å². The number of nitrogens with zero attached hydrogens (tertiary/aromatic N) is 1. The van der Waals surface area contributed by atoms with Gasteiger partial charge in [0.2, 0.25) is 0 Å². The van der Waals surface area contributed by atoms with Gasteiger partial charge in [-0.2, -0.15) is 0 Å². The molecule has 1 heterocycles. The first-order valence-electron chi connectivity index (χ1n) is 8.01. The second-order valence-electron chi connectivity index (χ2n) is 6.13. The number of hydrogen-bond acceptors (Lipinski definition) is 3. The summed E-state index contributed by atoms with van der Waals surface area (Å²) in [7, 11) is 1.61. The number of nitrogens with one attached hydrogen (secondary N) is 2. The third-order valence-corrected chi connectivity index (χ3v) is 4.33. The molecule has 122 valence electrons. The number of anilines is 1. The molecule has 5 nitrogen and oxygen atoms in total. The van der Waals surface area contributed by atoms with Gasteiger partial charge in [0.1, 0.15) is 5.75 Å². The van der Waals surface area contributed by atoms with Crippen molar-refractivity contribution in [2.24, 2.45) is 5.92 Å². The van der Waals surface area contributed by atoms with Gasteiger partial charge in [0.25, 0.3) is 0 Å². The molecule has 0 unspecified atom stereocenters. The fraction of sp³-hybridized carbons (Fsp3) is 0.588. The summed E-state index contributed by atoms with van der Waals surface area (Å²) < 4.78 is 5.14. The van der Waals surface area contributed by atoms with Gasteiger partial charge in [-0.3, -0.25) is 4.90 Å². The number of carbonyl (C=O) groups is 1. The van der Waals surface area contributed by atoms with Crippen LogP contribution < -0.4 is 15.4 Å². The van der Waals surface area contributed by atoms with E-state index in [1.807, 2.05) is 18.2 Å². The first-order valence-corrected chi connectivity index (χ1v) is 8.01. The van der Waals surface area contributed by atoms with Gasteiger partial charge < -0.3 is 15.4 Å². The van der Waals surface area contributed by atoms with Gasteiger partial charge in [-0.15, -0.1) is 0 Å². The molecule has 1 aliphatic rings. The fourth-order valence-electron chi connectivity index (χ4n) is 2.71. The van der Waals surface area contributed by atoms with Crippen LogP contribution in [0.1, 0.15) is 26.7 Å². The molecule has 2 N–H and O–H groups in total. The van der Waals surface area contributed by atoms with Crippen molar-refractivity contribution in [1.82, 2.24) is 10.2 Å². The Morgan fingerprint density at radius 2 is 2.14 bits per heavy atom. The van der Waals surface area contributed by atoms with Crippen LogP contribution in [0.25, 0.3) is 0 Å². The molecule has 2 amide bonds. The van der Waals surface area contributed by atoms with Crippen LogP contribution in [-0.4, -0.2) is 43.7 Å². The Balaban J connectivity index is 1.75. The molecule has 1 atom stereocenters. The zero-order valence-electron chi connectivity index (χ0n) is 13.8. The van der Waals surface area contributed by atoms with Crippen molar-refractivity contribution in [1.29, 1.82) is 0 Å². The maximum absolute atomic E-state index is 12.0. The smallest absolute Gasteiger partial charge is 0.319 e. The fourth-order valence-corrected chi connectivity index (χ4v) is 2.71. The first kappa shape index (κ1) is 16.6. The monoisotopic (exact) mass is 305 g/mol. The Morgan fingerprint density at radius 1 is 1.41 bits per heavy atom. The average Bonchev–Trinajstić information content (AvgIpc) is 2.53. The standard InChI is InChI=1S/C17H27N3O2/c1-13-7-9-20(10-8-13)14(2)12-18-17(21)19-15-5-4-6-16(11-15)22-3/h4-6,11,13-14H,7-10,12H2,1-3H3,(H2,18,19,21)/t14-/m1/s1. The van der Waals surface area contributed by atoms with Crippen molar-refractivity contribution < 1.29 is 9.53 Å². The highest BCUT2D eigenvalue weighted by atomic mass is 16.5. The molecular weight excluding hydrogens is 278 g/mol. The number of methoxy groups -OCH3 is 1. The summed E-state index contributed by atoms with van der Waals surface area (Å²) in [6.45, 7) is 7.39. The lowest BCUT2D eigenvalue weighted by molar-refractivity contribution is 0.146. The van der Waals surface area contributed by atoms with Crippen molar-refractivity contribution in [3.63, 3.8) is 0 Å². The molecule has 1 aromatic rings. The zero-order valence-corrected chi connectivity index (χ0v) is 13.8. The summed E-state index contributed by atoms with van der Waals surface area (Å²) in [4.78, 5) is 14.4. The molecular formula is C17H27N3O2. The number of piperidine rings is 1. The van der Waals surface area contributed by atoms with Gasteiger partial charge in [-0.1, -0.05) is 13.0 Å². The van der Waals surface area contributed by atoms with Gasteiger partial charge in [-0.25, -0.2) is 4.79 Å². The quantitative estimate of drug-likeness (QED) is 0.879. The van der Waals surface area contributed by atoms with Gasteiger partial charge >= 0.3 is 6.03 Å². The maximum atomic E-state index is 12.0. The van der Waals surface area contributed by atoms with Crippen LogP contribution in [0.3, 0.4) is 0 Å². The lowest BCUT2D eigenvalue weighted by Crippen LogP contribution is -2.46. The largest absolute Gasteiger partial charge is 0.497 e. The van der Waals surface area contributed by atoms with Gasteiger partial charge in [0, 0.05) is 24.3 Å². The van der Waals surface area contributed by atoms with Crippen LogP contribution in [0.5, 0.6) is 5.75 Å². The molecule has 5 heteroatoms. The minimum atomic E-state index is -0.175. The van der Waals surface area contributed by atoms with E-state index in [2.05, 4.69) is 29.4 Å². The van der Waals surface area contributed by atoms with Crippen molar-refractivity contribution >= 4 is 11.7 Å². The zero-order chi connectivity index (χ0) is 15.9. The summed E-state index contributed by atoms with van der Waals surface area (Å²) in [5.74, 6) is 1.56. The van der Waals surface area contributed by atoms with E-state index in [4.69, 9.17) is 4.74 Å². The number of ether oxygens (including phenoxy) is 1. The highest BCUT2D eigenvalue weighted by molar-refractivity contribution is 5.89. The normalized spacial score (nSPS) is 17.8. The van der Waals surface area contributed by atoms with E-state index >= 15 is 0 Å². The van der Waals surface area contributed by atoms with Crippen LogP contribution in [0, 0.1) is 5.92 Å². The topological polar surface area (TPSA) is 53.6 Å². The molecule has 0 saturated carbocycles.